The van der Waals surface area contributed by atoms with E-state index < -0.39 is 8.32 Å². The summed E-state index contributed by atoms with van der Waals surface area (Å²) in [5, 5.41) is 10.7. The standard InChI is InChI=1S/C31H43N3O4Si/c1-7-8-21-38-28-27(30(36)34(4)20-14-19-31(2,3)39(5,6)37)32-26(33-29(28)35)22-24-17-12-13-18-25(24)23-15-10-9-11-16-23/h9-13,15-18,37H,7-8,14,19-22H2,1-6H3,(H,32,33,35). The summed E-state index contributed by atoms with van der Waals surface area (Å²) in [5.74, 6) is -0.261. The fraction of sp³-hybridized carbons (Fsp3) is 0.452. The van der Waals surface area contributed by atoms with Gasteiger partial charge in [-0.3, -0.25) is 4.79 Å². The summed E-state index contributed by atoms with van der Waals surface area (Å²) < 4.78 is 5.83. The van der Waals surface area contributed by atoms with Crippen LogP contribution in [0.4, 0.5) is 0 Å². The maximum atomic E-state index is 13.6. The number of ether oxygens (including phenoxy) is 1. The average Bonchev–Trinajstić information content (AvgIpc) is 2.89. The van der Waals surface area contributed by atoms with Crippen LogP contribution in [0.1, 0.15) is 68.3 Å². The molecule has 2 aromatic carbocycles. The molecule has 1 heterocycles. The Morgan fingerprint density at radius 2 is 1.69 bits per heavy atom. The quantitative estimate of drug-likeness (QED) is 0.188. The minimum absolute atomic E-state index is 0.0321. The summed E-state index contributed by atoms with van der Waals surface area (Å²) >= 11 is 0. The summed E-state index contributed by atoms with van der Waals surface area (Å²) in [4.78, 5) is 34.8. The van der Waals surface area contributed by atoms with E-state index >= 15 is 0 Å². The van der Waals surface area contributed by atoms with Gasteiger partial charge in [-0.05, 0) is 54.1 Å². The maximum absolute atomic E-state index is 13.6. The Hall–Kier alpha value is -3.23. The molecule has 3 rings (SSSR count). The van der Waals surface area contributed by atoms with Crippen LogP contribution in [-0.2, 0) is 6.42 Å². The Morgan fingerprint density at radius 3 is 2.36 bits per heavy atom. The minimum atomic E-state index is -2.33. The fourth-order valence-corrected chi connectivity index (χ4v) is 5.04. The van der Waals surface area contributed by atoms with Gasteiger partial charge in [-0.1, -0.05) is 81.8 Å². The van der Waals surface area contributed by atoms with Crippen LogP contribution in [0.2, 0.25) is 18.1 Å². The van der Waals surface area contributed by atoms with Crippen molar-refractivity contribution in [1.29, 1.82) is 0 Å². The van der Waals surface area contributed by atoms with Gasteiger partial charge in [-0.25, -0.2) is 4.98 Å². The van der Waals surface area contributed by atoms with Crippen molar-refractivity contribution in [2.24, 2.45) is 0 Å². The molecular formula is C31H43N3O4Si. The molecule has 0 aliphatic carbocycles. The first kappa shape index (κ1) is 30.3. The Labute approximate surface area is 234 Å². The lowest BCUT2D eigenvalue weighted by atomic mass is 9.97. The number of aromatic nitrogens is 2. The van der Waals surface area contributed by atoms with E-state index in [1.807, 2.05) is 74.6 Å². The highest BCUT2D eigenvalue weighted by Crippen LogP contribution is 2.40. The second kappa shape index (κ2) is 13.2. The van der Waals surface area contributed by atoms with E-state index in [1.165, 1.54) is 0 Å². The first-order valence-corrected chi connectivity index (χ1v) is 16.7. The van der Waals surface area contributed by atoms with Gasteiger partial charge < -0.3 is 19.5 Å². The van der Waals surface area contributed by atoms with Crippen LogP contribution in [0, 0.1) is 0 Å². The van der Waals surface area contributed by atoms with Crippen molar-refractivity contribution in [2.75, 3.05) is 20.2 Å². The SMILES string of the molecule is CCCCOc1c(O)nc(Cc2ccccc2-c2ccccc2)nc1C(=O)N(C)CCCC(C)(C)[Si](C)(C)O. The normalized spacial score (nSPS) is 11.9. The highest BCUT2D eigenvalue weighted by atomic mass is 28.4. The summed E-state index contributed by atoms with van der Waals surface area (Å²) in [6.07, 6.45) is 3.59. The number of benzene rings is 2. The smallest absolute Gasteiger partial charge is 0.276 e. The van der Waals surface area contributed by atoms with Crippen LogP contribution < -0.4 is 4.74 Å². The number of rotatable bonds is 13. The van der Waals surface area contributed by atoms with Crippen LogP contribution >= 0.6 is 0 Å². The largest absolute Gasteiger partial charge is 0.491 e. The molecule has 1 aromatic heterocycles. The average molecular weight is 550 g/mol. The van der Waals surface area contributed by atoms with Gasteiger partial charge in [0.1, 0.15) is 5.82 Å². The van der Waals surface area contributed by atoms with Gasteiger partial charge >= 0.3 is 0 Å². The molecule has 0 fully saturated rings. The fourth-order valence-electron chi connectivity index (χ4n) is 4.25. The highest BCUT2D eigenvalue weighted by molar-refractivity contribution is 6.72. The van der Waals surface area contributed by atoms with Gasteiger partial charge in [0.2, 0.25) is 5.75 Å². The van der Waals surface area contributed by atoms with E-state index in [-0.39, 0.29) is 28.3 Å². The van der Waals surface area contributed by atoms with E-state index in [2.05, 4.69) is 23.8 Å². The molecule has 3 aromatic rings. The van der Waals surface area contributed by atoms with Crippen molar-refractivity contribution in [1.82, 2.24) is 14.9 Å². The van der Waals surface area contributed by atoms with E-state index in [1.54, 1.807) is 11.9 Å². The number of amides is 1. The Morgan fingerprint density at radius 1 is 1.03 bits per heavy atom. The van der Waals surface area contributed by atoms with Crippen molar-refractivity contribution in [3.63, 3.8) is 0 Å². The summed E-state index contributed by atoms with van der Waals surface area (Å²) in [6.45, 7) is 11.0. The monoisotopic (exact) mass is 549 g/mol. The number of nitrogens with zero attached hydrogens (tertiary/aromatic N) is 3. The van der Waals surface area contributed by atoms with Crippen molar-refractivity contribution >= 4 is 14.2 Å². The number of aromatic hydroxyl groups is 1. The highest BCUT2D eigenvalue weighted by Gasteiger charge is 2.37. The molecular weight excluding hydrogens is 506 g/mol. The summed E-state index contributed by atoms with van der Waals surface area (Å²) in [7, 11) is -0.602. The van der Waals surface area contributed by atoms with Crippen molar-refractivity contribution < 1.29 is 19.4 Å². The lowest BCUT2D eigenvalue weighted by Crippen LogP contribution is -2.39. The number of carbonyl (C=O) groups excluding carboxylic acids is 1. The number of hydrogen-bond donors (Lipinski definition) is 2. The molecule has 0 bridgehead atoms. The third-order valence-electron chi connectivity index (χ3n) is 7.59. The van der Waals surface area contributed by atoms with Gasteiger partial charge in [0.25, 0.3) is 11.8 Å². The second-order valence-corrected chi connectivity index (χ2v) is 15.8. The molecule has 39 heavy (non-hydrogen) atoms. The summed E-state index contributed by atoms with van der Waals surface area (Å²) in [5.41, 5.74) is 3.19. The molecule has 7 nitrogen and oxygen atoms in total. The molecule has 0 spiro atoms. The van der Waals surface area contributed by atoms with Gasteiger partial charge in [0, 0.05) is 20.0 Å². The zero-order valence-electron chi connectivity index (χ0n) is 24.2. The predicted octanol–water partition coefficient (Wildman–Crippen LogP) is 6.45. The molecule has 2 N–H and O–H groups in total. The first-order chi connectivity index (χ1) is 18.4. The van der Waals surface area contributed by atoms with Gasteiger partial charge in [-0.15, -0.1) is 0 Å². The van der Waals surface area contributed by atoms with Crippen molar-refractivity contribution in [3.05, 3.63) is 71.7 Å². The van der Waals surface area contributed by atoms with Gasteiger partial charge in [0.15, 0.2) is 14.0 Å². The molecule has 0 unspecified atom stereocenters. The van der Waals surface area contributed by atoms with Crippen LogP contribution in [0.25, 0.3) is 11.1 Å². The van der Waals surface area contributed by atoms with E-state index in [4.69, 9.17) is 4.74 Å². The second-order valence-electron chi connectivity index (χ2n) is 11.3. The summed E-state index contributed by atoms with van der Waals surface area (Å²) in [6, 6.07) is 18.1. The number of unbranched alkanes of at least 4 members (excludes halogenated alkanes) is 1. The topological polar surface area (TPSA) is 95.8 Å². The van der Waals surface area contributed by atoms with Crippen LogP contribution in [0.15, 0.2) is 54.6 Å². The Bertz CT molecular complexity index is 1240. The van der Waals surface area contributed by atoms with Gasteiger partial charge in [0.05, 0.1) is 6.61 Å². The van der Waals surface area contributed by atoms with Gasteiger partial charge in [-0.2, -0.15) is 4.98 Å². The van der Waals surface area contributed by atoms with Crippen LogP contribution in [0.5, 0.6) is 11.6 Å². The minimum Gasteiger partial charge on any atom is -0.491 e. The first-order valence-electron chi connectivity index (χ1n) is 13.8. The molecule has 210 valence electrons. The third kappa shape index (κ3) is 7.89. The lowest BCUT2D eigenvalue weighted by Gasteiger charge is -2.35. The molecule has 8 heteroatoms. The van der Waals surface area contributed by atoms with E-state index in [9.17, 15) is 14.7 Å². The lowest BCUT2D eigenvalue weighted by molar-refractivity contribution is 0.0778. The number of hydrogen-bond acceptors (Lipinski definition) is 6. The number of carbonyl (C=O) groups is 1. The van der Waals surface area contributed by atoms with E-state index in [0.29, 0.717) is 25.4 Å². The molecule has 0 radical (unpaired) electrons. The van der Waals surface area contributed by atoms with Crippen LogP contribution in [-0.4, -0.2) is 59.2 Å². The molecule has 0 aliphatic heterocycles. The van der Waals surface area contributed by atoms with Crippen molar-refractivity contribution in [2.45, 2.75) is 71.0 Å². The maximum Gasteiger partial charge on any atom is 0.276 e. The third-order valence-corrected chi connectivity index (χ3v) is 11.2. The molecule has 1 amide bonds. The zero-order valence-corrected chi connectivity index (χ0v) is 25.2. The van der Waals surface area contributed by atoms with E-state index in [0.717, 1.165) is 42.4 Å². The molecule has 0 atom stereocenters. The Balaban J connectivity index is 1.88. The zero-order chi connectivity index (χ0) is 28.6. The Kier molecular flexibility index (Phi) is 10.3. The van der Waals surface area contributed by atoms with Crippen LogP contribution in [0.3, 0.4) is 0 Å². The predicted molar refractivity (Wildman–Crippen MR) is 159 cm³/mol. The van der Waals surface area contributed by atoms with Crippen molar-refractivity contribution in [3.8, 4) is 22.8 Å². The molecule has 0 aliphatic rings. The molecule has 0 saturated carbocycles. The molecule has 0 saturated heterocycles.